The lowest BCUT2D eigenvalue weighted by molar-refractivity contribution is 0.172. The molecule has 0 aromatic carbocycles. The Kier molecular flexibility index (Phi) is 4.39. The summed E-state index contributed by atoms with van der Waals surface area (Å²) < 4.78 is 11.2. The van der Waals surface area contributed by atoms with Gasteiger partial charge >= 0.3 is 0 Å². The van der Waals surface area contributed by atoms with Crippen molar-refractivity contribution in [1.82, 2.24) is 0 Å². The second-order valence-corrected chi connectivity index (χ2v) is 4.10. The molecule has 0 saturated heterocycles. The summed E-state index contributed by atoms with van der Waals surface area (Å²) in [7, 11) is 0. The van der Waals surface area contributed by atoms with E-state index in [1.807, 2.05) is 24.3 Å². The number of ether oxygens (including phenoxy) is 2. The van der Waals surface area contributed by atoms with Crippen molar-refractivity contribution in [2.75, 3.05) is 19.8 Å². The van der Waals surface area contributed by atoms with Gasteiger partial charge in [-0.05, 0) is 18.1 Å². The van der Waals surface area contributed by atoms with Crippen LogP contribution in [0.25, 0.3) is 0 Å². The summed E-state index contributed by atoms with van der Waals surface area (Å²) in [5.41, 5.74) is 2.17. The molecule has 0 aromatic rings. The van der Waals surface area contributed by atoms with Gasteiger partial charge in [-0.25, -0.2) is 0 Å². The van der Waals surface area contributed by atoms with E-state index in [1.54, 1.807) is 0 Å². The Bertz CT molecular complexity index is 397. The Balaban J connectivity index is 2.09. The lowest BCUT2D eigenvalue weighted by atomic mass is 10.1. The quantitative estimate of drug-likeness (QED) is 0.635. The highest BCUT2D eigenvalue weighted by Gasteiger charge is 2.09. The third-order valence-electron chi connectivity index (χ3n) is 2.70. The summed E-state index contributed by atoms with van der Waals surface area (Å²) in [5.74, 6) is 1.06. The molecule has 0 aromatic heterocycles. The maximum absolute atomic E-state index is 5.65. The minimum Gasteiger partial charge on any atom is -0.493 e. The second kappa shape index (κ2) is 6.26. The third-order valence-corrected chi connectivity index (χ3v) is 2.70. The van der Waals surface area contributed by atoms with Crippen molar-refractivity contribution in [3.63, 3.8) is 0 Å². The Labute approximate surface area is 103 Å². The number of hydrogen-bond donors (Lipinski definition) is 0. The van der Waals surface area contributed by atoms with Gasteiger partial charge in [-0.1, -0.05) is 37.0 Å². The maximum atomic E-state index is 5.65. The SMILES string of the molecule is C=C1/C=C\CCC2=C(C=CCO2)COC/C=C\1. The highest BCUT2D eigenvalue weighted by Crippen LogP contribution is 2.19. The van der Waals surface area contributed by atoms with Crippen LogP contribution in [0, 0.1) is 0 Å². The smallest absolute Gasteiger partial charge is 0.106 e. The summed E-state index contributed by atoms with van der Waals surface area (Å²) in [6.45, 7) is 5.84. The molecule has 0 spiro atoms. The fourth-order valence-electron chi connectivity index (χ4n) is 1.83. The van der Waals surface area contributed by atoms with Crippen molar-refractivity contribution < 1.29 is 9.47 Å². The summed E-state index contributed by atoms with van der Waals surface area (Å²) in [6, 6.07) is 0. The molecule has 2 rings (SSSR count). The highest BCUT2D eigenvalue weighted by atomic mass is 16.5. The molecule has 0 aliphatic carbocycles. The summed E-state index contributed by atoms with van der Waals surface area (Å²) >= 11 is 0. The maximum Gasteiger partial charge on any atom is 0.106 e. The first-order chi connectivity index (χ1) is 8.36. The van der Waals surface area contributed by atoms with Crippen molar-refractivity contribution in [2.45, 2.75) is 12.8 Å². The summed E-state index contributed by atoms with van der Waals surface area (Å²) in [6.07, 6.45) is 14.2. The van der Waals surface area contributed by atoms with Crippen LogP contribution in [0.2, 0.25) is 0 Å². The molecular weight excluding hydrogens is 212 g/mol. The van der Waals surface area contributed by atoms with E-state index in [1.165, 1.54) is 0 Å². The van der Waals surface area contributed by atoms with Crippen LogP contribution in [0.1, 0.15) is 12.8 Å². The fourth-order valence-corrected chi connectivity index (χ4v) is 1.83. The molecule has 2 aliphatic rings. The molecule has 0 unspecified atom stereocenters. The van der Waals surface area contributed by atoms with E-state index in [4.69, 9.17) is 9.47 Å². The van der Waals surface area contributed by atoms with E-state index in [0.717, 1.165) is 29.7 Å². The third kappa shape index (κ3) is 3.75. The van der Waals surface area contributed by atoms with Crippen molar-refractivity contribution in [2.24, 2.45) is 0 Å². The van der Waals surface area contributed by atoms with Gasteiger partial charge in [0, 0.05) is 12.0 Å². The Morgan fingerprint density at radius 1 is 1.00 bits per heavy atom. The van der Waals surface area contributed by atoms with Gasteiger partial charge in [-0.3, -0.25) is 0 Å². The monoisotopic (exact) mass is 230 g/mol. The zero-order chi connectivity index (χ0) is 11.9. The lowest BCUT2D eigenvalue weighted by Gasteiger charge is -2.17. The molecule has 0 saturated carbocycles. The molecule has 2 heterocycles. The van der Waals surface area contributed by atoms with Crippen LogP contribution < -0.4 is 0 Å². The topological polar surface area (TPSA) is 18.5 Å². The Morgan fingerprint density at radius 3 is 2.76 bits per heavy atom. The standard InChI is InChI=1S/C15H18O2/c1-13-6-2-3-9-15-14(8-5-11-17-15)12-16-10-4-7-13/h2,4-8H,1,3,9-12H2/b6-2-,7-4-. The lowest BCUT2D eigenvalue weighted by Crippen LogP contribution is -2.07. The van der Waals surface area contributed by atoms with Gasteiger partial charge in [0.2, 0.25) is 0 Å². The fraction of sp³-hybridized carbons (Fsp3) is 0.333. The van der Waals surface area contributed by atoms with Crippen molar-refractivity contribution in [3.8, 4) is 0 Å². The first-order valence-electron chi connectivity index (χ1n) is 5.97. The van der Waals surface area contributed by atoms with Crippen molar-refractivity contribution in [3.05, 3.63) is 59.9 Å². The zero-order valence-corrected chi connectivity index (χ0v) is 10.0. The molecule has 0 amide bonds. The van der Waals surface area contributed by atoms with Crippen LogP contribution in [-0.4, -0.2) is 19.8 Å². The molecule has 2 nitrogen and oxygen atoms in total. The van der Waals surface area contributed by atoms with Crippen LogP contribution in [0.15, 0.2) is 59.9 Å². The van der Waals surface area contributed by atoms with Gasteiger partial charge in [0.15, 0.2) is 0 Å². The van der Waals surface area contributed by atoms with E-state index in [2.05, 4.69) is 18.7 Å². The van der Waals surface area contributed by atoms with E-state index >= 15 is 0 Å². The van der Waals surface area contributed by atoms with Crippen molar-refractivity contribution >= 4 is 0 Å². The molecule has 0 fully saturated rings. The minimum atomic E-state index is 0.609. The molecule has 0 radical (unpaired) electrons. The first-order valence-corrected chi connectivity index (χ1v) is 5.97. The van der Waals surface area contributed by atoms with Gasteiger partial charge in [-0.2, -0.15) is 0 Å². The van der Waals surface area contributed by atoms with E-state index in [9.17, 15) is 0 Å². The molecule has 90 valence electrons. The highest BCUT2D eigenvalue weighted by molar-refractivity contribution is 5.29. The van der Waals surface area contributed by atoms with Gasteiger partial charge < -0.3 is 9.47 Å². The predicted octanol–water partition coefficient (Wildman–Crippen LogP) is 3.31. The van der Waals surface area contributed by atoms with Gasteiger partial charge in [0.05, 0.1) is 13.2 Å². The van der Waals surface area contributed by atoms with Crippen LogP contribution >= 0.6 is 0 Å². The predicted molar refractivity (Wildman–Crippen MR) is 69.6 cm³/mol. The number of hydrogen-bond acceptors (Lipinski definition) is 2. The normalized spacial score (nSPS) is 25.3. The molecule has 0 atom stereocenters. The molecule has 2 aliphatic heterocycles. The zero-order valence-electron chi connectivity index (χ0n) is 10.0. The van der Waals surface area contributed by atoms with Gasteiger partial charge in [0.25, 0.3) is 0 Å². The Hall–Kier alpha value is -1.54. The molecule has 2 heteroatoms. The van der Waals surface area contributed by atoms with Gasteiger partial charge in [-0.15, -0.1) is 0 Å². The average molecular weight is 230 g/mol. The first kappa shape index (κ1) is 11.9. The van der Waals surface area contributed by atoms with Crippen LogP contribution in [0.4, 0.5) is 0 Å². The van der Waals surface area contributed by atoms with E-state index < -0.39 is 0 Å². The Morgan fingerprint density at radius 2 is 1.82 bits per heavy atom. The van der Waals surface area contributed by atoms with E-state index in [0.29, 0.717) is 19.8 Å². The van der Waals surface area contributed by atoms with Gasteiger partial charge in [0.1, 0.15) is 12.4 Å². The summed E-state index contributed by atoms with van der Waals surface area (Å²) in [4.78, 5) is 0. The van der Waals surface area contributed by atoms with Crippen LogP contribution in [0.5, 0.6) is 0 Å². The van der Waals surface area contributed by atoms with E-state index in [-0.39, 0.29) is 0 Å². The second-order valence-electron chi connectivity index (χ2n) is 4.10. The average Bonchev–Trinajstić information content (AvgIpc) is 2.34. The van der Waals surface area contributed by atoms with Crippen molar-refractivity contribution in [1.29, 1.82) is 0 Å². The molecule has 0 bridgehead atoms. The molecule has 0 N–H and O–H groups in total. The summed E-state index contributed by atoms with van der Waals surface area (Å²) in [5, 5.41) is 0. The number of allylic oxidation sites excluding steroid dienone is 5. The number of rotatable bonds is 0. The van der Waals surface area contributed by atoms with Crippen LogP contribution in [-0.2, 0) is 9.47 Å². The molecule has 17 heavy (non-hydrogen) atoms. The largest absolute Gasteiger partial charge is 0.493 e. The van der Waals surface area contributed by atoms with Crippen LogP contribution in [0.3, 0.4) is 0 Å². The molecular formula is C15H18O2. The minimum absolute atomic E-state index is 0.609.